The molecule has 34 heavy (non-hydrogen) atoms. The first-order valence-corrected chi connectivity index (χ1v) is 12.1. The van der Waals surface area contributed by atoms with Crippen LogP contribution in [0, 0.1) is 6.92 Å². The van der Waals surface area contributed by atoms with Crippen LogP contribution in [0.15, 0.2) is 78.0 Å². The lowest BCUT2D eigenvalue weighted by molar-refractivity contribution is 0.0490. The molecule has 170 valence electrons. The van der Waals surface area contributed by atoms with Crippen molar-refractivity contribution in [3.8, 4) is 5.69 Å². The maximum atomic E-state index is 13.1. The number of aryl methyl sites for hydroxylation is 1. The number of esters is 1. The number of nitrogens with zero attached hydrogens (tertiary/aromatic N) is 4. The van der Waals surface area contributed by atoms with Gasteiger partial charge in [-0.2, -0.15) is 0 Å². The van der Waals surface area contributed by atoms with E-state index in [0.717, 1.165) is 38.5 Å². The van der Waals surface area contributed by atoms with E-state index in [1.807, 2.05) is 78.4 Å². The molecule has 0 saturated carbocycles. The molecule has 0 bridgehead atoms. The van der Waals surface area contributed by atoms with Crippen molar-refractivity contribution in [1.29, 1.82) is 0 Å². The summed E-state index contributed by atoms with van der Waals surface area (Å²) in [7, 11) is 0. The van der Waals surface area contributed by atoms with Gasteiger partial charge < -0.3 is 4.74 Å². The van der Waals surface area contributed by atoms with Gasteiger partial charge in [-0.1, -0.05) is 48.2 Å². The molecule has 7 nitrogen and oxygen atoms in total. The molecule has 8 heteroatoms. The number of rotatable bonds is 6. The number of carbonyl (C=O) groups excluding carboxylic acids is 2. The minimum Gasteiger partial charge on any atom is -0.462 e. The second-order valence-corrected chi connectivity index (χ2v) is 8.54. The Morgan fingerprint density at radius 3 is 2.12 bits per heavy atom. The van der Waals surface area contributed by atoms with E-state index in [1.54, 1.807) is 16.7 Å². The molecule has 0 aliphatic carbocycles. The highest BCUT2D eigenvalue weighted by Gasteiger charge is 2.17. The number of ether oxygens (including phenoxy) is 1. The number of aromatic nitrogens is 4. The minimum atomic E-state index is -0.466. The summed E-state index contributed by atoms with van der Waals surface area (Å²) in [4.78, 5) is 25.6. The summed E-state index contributed by atoms with van der Waals surface area (Å²) in [6.07, 6.45) is 2.02. The highest BCUT2D eigenvalue weighted by Crippen LogP contribution is 2.29. The number of carbonyl (C=O) groups is 2. The molecular weight excluding hydrogens is 448 g/mol. The summed E-state index contributed by atoms with van der Waals surface area (Å²) in [6.45, 7) is 1.88. The average Bonchev–Trinajstić information content (AvgIpc) is 3.41. The van der Waals surface area contributed by atoms with Crippen molar-refractivity contribution in [2.75, 3.05) is 12.9 Å². The standard InChI is InChI=1S/C26H22N4O3S/c1-17-27-28-26(34-2)29(17)19-13-11-18(12-14-19)25(32)33-16-15-24(31)30-22-9-5-3-7-20(22)21-8-4-6-10-23(21)30/h3-14H,15-16H2,1-2H3. The Morgan fingerprint density at radius 1 is 0.882 bits per heavy atom. The molecule has 2 heterocycles. The van der Waals surface area contributed by atoms with Crippen LogP contribution in [0.2, 0.25) is 0 Å². The summed E-state index contributed by atoms with van der Waals surface area (Å²) in [6, 6.07) is 22.7. The first kappa shape index (κ1) is 21.9. The van der Waals surface area contributed by atoms with Crippen LogP contribution in [0.1, 0.15) is 27.4 Å². The second-order valence-electron chi connectivity index (χ2n) is 7.77. The molecule has 0 radical (unpaired) electrons. The minimum absolute atomic E-state index is 0.00141. The SMILES string of the molecule is CSc1nnc(C)n1-c1ccc(C(=O)OCCC(=O)n2c3ccccc3c3ccccc32)cc1. The van der Waals surface area contributed by atoms with Gasteiger partial charge in [0.15, 0.2) is 5.16 Å². The summed E-state index contributed by atoms with van der Waals surface area (Å²) < 4.78 is 9.04. The van der Waals surface area contributed by atoms with E-state index in [4.69, 9.17) is 4.74 Å². The van der Waals surface area contributed by atoms with Gasteiger partial charge in [0.05, 0.1) is 23.0 Å². The van der Waals surface area contributed by atoms with Crippen molar-refractivity contribution in [2.45, 2.75) is 18.5 Å². The lowest BCUT2D eigenvalue weighted by atomic mass is 10.2. The molecule has 3 aromatic carbocycles. The zero-order valence-corrected chi connectivity index (χ0v) is 19.6. The van der Waals surface area contributed by atoms with Gasteiger partial charge in [0.25, 0.3) is 0 Å². The highest BCUT2D eigenvalue weighted by atomic mass is 32.2. The first-order chi connectivity index (χ1) is 16.6. The van der Waals surface area contributed by atoms with E-state index < -0.39 is 5.97 Å². The number of hydrogen-bond acceptors (Lipinski definition) is 6. The Hall–Kier alpha value is -3.91. The third kappa shape index (κ3) is 3.86. The Bertz CT molecular complexity index is 1470. The number of para-hydroxylation sites is 2. The molecule has 0 amide bonds. The predicted molar refractivity (Wildman–Crippen MR) is 133 cm³/mol. The van der Waals surface area contributed by atoms with E-state index >= 15 is 0 Å². The summed E-state index contributed by atoms with van der Waals surface area (Å²) in [5, 5.41) is 11.1. The lowest BCUT2D eigenvalue weighted by Gasteiger charge is -2.09. The zero-order chi connectivity index (χ0) is 23.7. The van der Waals surface area contributed by atoms with Crippen molar-refractivity contribution in [3.63, 3.8) is 0 Å². The Kier molecular flexibility index (Phi) is 5.90. The number of fused-ring (bicyclic) bond motifs is 3. The van der Waals surface area contributed by atoms with E-state index in [1.165, 1.54) is 11.8 Å². The van der Waals surface area contributed by atoms with Crippen LogP contribution < -0.4 is 0 Å². The molecular formula is C26H22N4O3S. The fraction of sp³-hybridized carbons (Fsp3) is 0.154. The molecule has 0 fully saturated rings. The van der Waals surface area contributed by atoms with Crippen LogP contribution >= 0.6 is 11.8 Å². The molecule has 5 rings (SSSR count). The van der Waals surface area contributed by atoms with Crippen molar-refractivity contribution in [2.24, 2.45) is 0 Å². The molecule has 0 atom stereocenters. The van der Waals surface area contributed by atoms with Crippen LogP contribution in [-0.2, 0) is 4.74 Å². The van der Waals surface area contributed by atoms with Gasteiger partial charge in [0.2, 0.25) is 5.91 Å². The Morgan fingerprint density at radius 2 is 1.50 bits per heavy atom. The molecule has 0 saturated heterocycles. The number of thioether (sulfide) groups is 1. The van der Waals surface area contributed by atoms with Gasteiger partial charge in [0, 0.05) is 16.5 Å². The van der Waals surface area contributed by atoms with Crippen LogP contribution in [0.25, 0.3) is 27.5 Å². The van der Waals surface area contributed by atoms with Crippen LogP contribution in [0.3, 0.4) is 0 Å². The number of hydrogen-bond donors (Lipinski definition) is 0. The van der Waals surface area contributed by atoms with Crippen LogP contribution in [-0.4, -0.2) is 44.1 Å². The van der Waals surface area contributed by atoms with E-state index in [0.29, 0.717) is 5.56 Å². The highest BCUT2D eigenvalue weighted by molar-refractivity contribution is 7.98. The summed E-state index contributed by atoms with van der Waals surface area (Å²) in [5.74, 6) is 0.184. The zero-order valence-electron chi connectivity index (χ0n) is 18.8. The average molecular weight is 471 g/mol. The van der Waals surface area contributed by atoms with Crippen molar-refractivity contribution >= 4 is 45.4 Å². The predicted octanol–water partition coefficient (Wildman–Crippen LogP) is 5.29. The third-order valence-electron chi connectivity index (χ3n) is 5.72. The van der Waals surface area contributed by atoms with E-state index in [2.05, 4.69) is 10.2 Å². The topological polar surface area (TPSA) is 79.0 Å². The van der Waals surface area contributed by atoms with Crippen LogP contribution in [0.4, 0.5) is 0 Å². The largest absolute Gasteiger partial charge is 0.462 e. The fourth-order valence-electron chi connectivity index (χ4n) is 4.14. The van der Waals surface area contributed by atoms with Gasteiger partial charge in [0.1, 0.15) is 12.4 Å². The fourth-order valence-corrected chi connectivity index (χ4v) is 4.68. The molecule has 0 unspecified atom stereocenters. The van der Waals surface area contributed by atoms with Crippen molar-refractivity contribution < 1.29 is 14.3 Å². The maximum Gasteiger partial charge on any atom is 0.338 e. The van der Waals surface area contributed by atoms with Gasteiger partial charge in [-0.25, -0.2) is 4.79 Å². The van der Waals surface area contributed by atoms with Crippen LogP contribution in [0.5, 0.6) is 0 Å². The van der Waals surface area contributed by atoms with Gasteiger partial charge >= 0.3 is 5.97 Å². The molecule has 2 aromatic heterocycles. The first-order valence-electron chi connectivity index (χ1n) is 10.8. The summed E-state index contributed by atoms with van der Waals surface area (Å²) in [5.41, 5.74) is 2.99. The maximum absolute atomic E-state index is 13.1. The van der Waals surface area contributed by atoms with E-state index in [9.17, 15) is 9.59 Å². The van der Waals surface area contributed by atoms with Crippen molar-refractivity contribution in [3.05, 3.63) is 84.2 Å². The van der Waals surface area contributed by atoms with Gasteiger partial charge in [-0.15, -0.1) is 10.2 Å². The molecule has 0 aliphatic rings. The third-order valence-corrected chi connectivity index (χ3v) is 6.35. The molecule has 5 aromatic rings. The Balaban J connectivity index is 1.28. The smallest absolute Gasteiger partial charge is 0.338 e. The van der Waals surface area contributed by atoms with Gasteiger partial charge in [-0.3, -0.25) is 13.9 Å². The van der Waals surface area contributed by atoms with Crippen molar-refractivity contribution in [1.82, 2.24) is 19.3 Å². The Labute approximate surface area is 200 Å². The second kappa shape index (κ2) is 9.15. The number of benzene rings is 3. The molecule has 0 aliphatic heterocycles. The molecule has 0 N–H and O–H groups in total. The lowest BCUT2D eigenvalue weighted by Crippen LogP contribution is -2.15. The monoisotopic (exact) mass is 470 g/mol. The molecule has 0 spiro atoms. The quantitative estimate of drug-likeness (QED) is 0.248. The normalized spacial score (nSPS) is 11.2. The van der Waals surface area contributed by atoms with Gasteiger partial charge in [-0.05, 0) is 49.6 Å². The van der Waals surface area contributed by atoms with E-state index in [-0.39, 0.29) is 18.9 Å². The summed E-state index contributed by atoms with van der Waals surface area (Å²) >= 11 is 1.50.